The Morgan fingerprint density at radius 3 is 2.63 bits per heavy atom. The Balaban J connectivity index is 1.92. The van der Waals surface area contributed by atoms with Gasteiger partial charge in [0.25, 0.3) is 0 Å². The standard InChI is InChI=1S/C17H18ClN3O5S/c1-2-19-17(23)21-14-6-7-15(20-11-14)27(24,25)9-8-26-16(22)12-4-3-5-13(18)10-12/h3-7,10-11H,2,8-9H2,1H3,(H2,19,21,23). The second-order valence-corrected chi connectivity index (χ2v) is 7.83. The normalized spacial score (nSPS) is 10.9. The van der Waals surface area contributed by atoms with Gasteiger partial charge in [-0.1, -0.05) is 17.7 Å². The molecule has 2 amide bonds. The fourth-order valence-electron chi connectivity index (χ4n) is 2.02. The summed E-state index contributed by atoms with van der Waals surface area (Å²) in [5.41, 5.74) is 0.589. The molecule has 8 nitrogen and oxygen atoms in total. The Morgan fingerprint density at radius 2 is 2.00 bits per heavy atom. The van der Waals surface area contributed by atoms with E-state index < -0.39 is 27.6 Å². The molecule has 0 saturated carbocycles. The van der Waals surface area contributed by atoms with Crippen LogP contribution in [0.25, 0.3) is 0 Å². The molecule has 0 aliphatic rings. The maximum Gasteiger partial charge on any atom is 0.338 e. The molecule has 0 bridgehead atoms. The van der Waals surface area contributed by atoms with Gasteiger partial charge in [0.1, 0.15) is 6.61 Å². The Kier molecular flexibility index (Phi) is 7.14. The third kappa shape index (κ3) is 6.22. The summed E-state index contributed by atoms with van der Waals surface area (Å²) in [4.78, 5) is 27.1. The lowest BCUT2D eigenvalue weighted by molar-refractivity contribution is 0.0529. The van der Waals surface area contributed by atoms with Crippen LogP contribution in [0.1, 0.15) is 17.3 Å². The van der Waals surface area contributed by atoms with Gasteiger partial charge in [-0.3, -0.25) is 0 Å². The minimum atomic E-state index is -3.74. The summed E-state index contributed by atoms with van der Waals surface area (Å²) >= 11 is 5.80. The molecule has 10 heteroatoms. The Bertz CT molecular complexity index is 916. The molecule has 0 radical (unpaired) electrons. The van der Waals surface area contributed by atoms with Crippen molar-refractivity contribution in [2.75, 3.05) is 24.2 Å². The molecule has 144 valence electrons. The van der Waals surface area contributed by atoms with E-state index in [4.69, 9.17) is 16.3 Å². The number of aromatic nitrogens is 1. The molecule has 1 aromatic heterocycles. The van der Waals surface area contributed by atoms with Gasteiger partial charge in [-0.15, -0.1) is 0 Å². The molecule has 2 N–H and O–H groups in total. The van der Waals surface area contributed by atoms with Gasteiger partial charge in [-0.05, 0) is 37.3 Å². The number of pyridine rings is 1. The van der Waals surface area contributed by atoms with Crippen molar-refractivity contribution >= 4 is 39.1 Å². The van der Waals surface area contributed by atoms with Crippen molar-refractivity contribution < 1.29 is 22.7 Å². The number of benzene rings is 1. The smallest absolute Gasteiger partial charge is 0.338 e. The number of sulfone groups is 1. The Morgan fingerprint density at radius 1 is 1.22 bits per heavy atom. The summed E-state index contributed by atoms with van der Waals surface area (Å²) in [7, 11) is -3.74. The quantitative estimate of drug-likeness (QED) is 0.676. The number of ether oxygens (including phenoxy) is 1. The van der Waals surface area contributed by atoms with Crippen molar-refractivity contribution in [3.8, 4) is 0 Å². The third-order valence-corrected chi connectivity index (χ3v) is 5.11. The van der Waals surface area contributed by atoms with Crippen LogP contribution < -0.4 is 10.6 Å². The first-order valence-corrected chi connectivity index (χ1v) is 10.0. The molecule has 0 aliphatic heterocycles. The number of carbonyl (C=O) groups is 2. The lowest BCUT2D eigenvalue weighted by Crippen LogP contribution is -2.28. The number of hydrogen-bond acceptors (Lipinski definition) is 6. The highest BCUT2D eigenvalue weighted by molar-refractivity contribution is 7.91. The van der Waals surface area contributed by atoms with Crippen LogP contribution in [-0.4, -0.2) is 44.3 Å². The zero-order valence-corrected chi connectivity index (χ0v) is 16.0. The molecule has 2 aromatic rings. The van der Waals surface area contributed by atoms with E-state index in [9.17, 15) is 18.0 Å². The highest BCUT2D eigenvalue weighted by Gasteiger charge is 2.18. The number of urea groups is 1. The van der Waals surface area contributed by atoms with Gasteiger partial charge >= 0.3 is 12.0 Å². The molecule has 1 aromatic carbocycles. The van der Waals surface area contributed by atoms with Crippen molar-refractivity contribution in [1.29, 1.82) is 0 Å². The first-order valence-electron chi connectivity index (χ1n) is 7.98. The van der Waals surface area contributed by atoms with Crippen molar-refractivity contribution in [3.05, 3.63) is 53.2 Å². The van der Waals surface area contributed by atoms with Crippen LogP contribution in [0.3, 0.4) is 0 Å². The number of halogens is 1. The fourth-order valence-corrected chi connectivity index (χ4v) is 3.21. The number of amides is 2. The van der Waals surface area contributed by atoms with Crippen LogP contribution in [0.5, 0.6) is 0 Å². The average Bonchev–Trinajstić information content (AvgIpc) is 2.62. The maximum atomic E-state index is 12.3. The predicted molar refractivity (Wildman–Crippen MR) is 101 cm³/mol. The molecule has 2 rings (SSSR count). The second-order valence-electron chi connectivity index (χ2n) is 5.33. The van der Waals surface area contributed by atoms with Crippen molar-refractivity contribution in [2.45, 2.75) is 11.9 Å². The van der Waals surface area contributed by atoms with Crippen LogP contribution in [0, 0.1) is 0 Å². The van der Waals surface area contributed by atoms with Crippen LogP contribution >= 0.6 is 11.6 Å². The van der Waals surface area contributed by atoms with E-state index in [1.165, 1.54) is 30.5 Å². The van der Waals surface area contributed by atoms with E-state index in [1.807, 2.05) is 0 Å². The van der Waals surface area contributed by atoms with E-state index >= 15 is 0 Å². The van der Waals surface area contributed by atoms with Crippen molar-refractivity contribution in [3.63, 3.8) is 0 Å². The SMILES string of the molecule is CCNC(=O)Nc1ccc(S(=O)(=O)CCOC(=O)c2cccc(Cl)c2)nc1. The topological polar surface area (TPSA) is 114 Å². The molecule has 1 heterocycles. The predicted octanol–water partition coefficient (Wildman–Crippen LogP) is 2.51. The average molecular weight is 412 g/mol. The van der Waals surface area contributed by atoms with Gasteiger partial charge < -0.3 is 15.4 Å². The van der Waals surface area contributed by atoms with E-state index in [-0.39, 0.29) is 17.2 Å². The van der Waals surface area contributed by atoms with E-state index in [0.29, 0.717) is 17.3 Å². The summed E-state index contributed by atoms with van der Waals surface area (Å²) in [5, 5.41) is 5.26. The molecule has 0 atom stereocenters. The highest BCUT2D eigenvalue weighted by atomic mass is 35.5. The third-order valence-electron chi connectivity index (χ3n) is 3.30. The minimum absolute atomic E-state index is 0.178. The lowest BCUT2D eigenvalue weighted by atomic mass is 10.2. The summed E-state index contributed by atoms with van der Waals surface area (Å²) < 4.78 is 29.5. The van der Waals surface area contributed by atoms with Crippen molar-refractivity contribution in [1.82, 2.24) is 10.3 Å². The summed E-state index contributed by atoms with van der Waals surface area (Å²) in [6, 6.07) is 8.44. The van der Waals surface area contributed by atoms with Crippen LogP contribution in [0.4, 0.5) is 10.5 Å². The number of carbonyl (C=O) groups excluding carboxylic acids is 2. The van der Waals surface area contributed by atoms with E-state index in [2.05, 4.69) is 15.6 Å². The maximum absolute atomic E-state index is 12.3. The summed E-state index contributed by atoms with van der Waals surface area (Å²) in [5.74, 6) is -1.09. The van der Waals surface area contributed by atoms with Crippen LogP contribution in [-0.2, 0) is 14.6 Å². The second kappa shape index (κ2) is 9.33. The number of esters is 1. The lowest BCUT2D eigenvalue weighted by Gasteiger charge is -2.08. The summed E-state index contributed by atoms with van der Waals surface area (Å²) in [6.45, 7) is 1.90. The number of rotatable bonds is 7. The molecule has 0 aliphatic carbocycles. The van der Waals surface area contributed by atoms with Gasteiger partial charge in [0, 0.05) is 11.6 Å². The molecular weight excluding hydrogens is 394 g/mol. The molecule has 0 spiro atoms. The van der Waals surface area contributed by atoms with Crippen molar-refractivity contribution in [2.24, 2.45) is 0 Å². The van der Waals surface area contributed by atoms with Gasteiger partial charge in [0.15, 0.2) is 14.9 Å². The number of nitrogens with zero attached hydrogens (tertiary/aromatic N) is 1. The summed E-state index contributed by atoms with van der Waals surface area (Å²) in [6.07, 6.45) is 1.24. The molecule has 0 fully saturated rings. The Hall–Kier alpha value is -2.65. The molecule has 0 saturated heterocycles. The molecular formula is C17H18ClN3O5S. The fraction of sp³-hybridized carbons (Fsp3) is 0.235. The highest BCUT2D eigenvalue weighted by Crippen LogP contribution is 2.14. The number of nitrogens with one attached hydrogen (secondary N) is 2. The number of anilines is 1. The van der Waals surface area contributed by atoms with Gasteiger partial charge in [0.2, 0.25) is 0 Å². The molecule has 27 heavy (non-hydrogen) atoms. The van der Waals surface area contributed by atoms with Gasteiger partial charge in [-0.25, -0.2) is 23.0 Å². The van der Waals surface area contributed by atoms with Gasteiger partial charge in [0.05, 0.1) is 23.2 Å². The first kappa shape index (κ1) is 20.7. The Labute approximate surface area is 161 Å². The minimum Gasteiger partial charge on any atom is -0.461 e. The number of hydrogen-bond donors (Lipinski definition) is 2. The zero-order chi connectivity index (χ0) is 19.9. The first-order chi connectivity index (χ1) is 12.8. The monoisotopic (exact) mass is 411 g/mol. The van der Waals surface area contributed by atoms with E-state index in [1.54, 1.807) is 19.1 Å². The van der Waals surface area contributed by atoms with Crippen LogP contribution in [0.15, 0.2) is 47.6 Å². The van der Waals surface area contributed by atoms with Crippen LogP contribution in [0.2, 0.25) is 5.02 Å². The largest absolute Gasteiger partial charge is 0.461 e. The van der Waals surface area contributed by atoms with Gasteiger partial charge in [-0.2, -0.15) is 0 Å². The zero-order valence-electron chi connectivity index (χ0n) is 14.4. The van der Waals surface area contributed by atoms with E-state index in [0.717, 1.165) is 0 Å². The molecule has 0 unspecified atom stereocenters.